The van der Waals surface area contributed by atoms with E-state index < -0.39 is 0 Å². The molecular weight excluding hydrogens is 348 g/mol. The number of nitrogen functional groups attached to an aromatic ring is 1. The molecule has 1 aromatic heterocycles. The minimum atomic E-state index is -0.164. The summed E-state index contributed by atoms with van der Waals surface area (Å²) in [6.45, 7) is 1.34. The fourth-order valence-electron chi connectivity index (χ4n) is 3.32. The van der Waals surface area contributed by atoms with E-state index in [-0.39, 0.29) is 17.6 Å². The number of hydrogen-bond donors (Lipinski definition) is 1. The van der Waals surface area contributed by atoms with E-state index >= 15 is 0 Å². The fraction of sp³-hybridized carbons (Fsp3) is 0.421. The minimum absolute atomic E-state index is 0.0493. The van der Waals surface area contributed by atoms with Gasteiger partial charge in [0.1, 0.15) is 17.3 Å². The van der Waals surface area contributed by atoms with Gasteiger partial charge in [-0.3, -0.25) is 4.79 Å². The maximum absolute atomic E-state index is 13.1. The monoisotopic (exact) mass is 372 g/mol. The third-order valence-corrected chi connectivity index (χ3v) is 4.71. The largest absolute Gasteiger partial charge is 0.497 e. The number of Topliss-reactive ketones (excluding diaryl/α,β-unsaturated/α-hetero) is 1. The van der Waals surface area contributed by atoms with Crippen LogP contribution in [-0.4, -0.2) is 50.2 Å². The molecule has 2 heterocycles. The Kier molecular flexibility index (Phi) is 5.63. The Morgan fingerprint density at radius 3 is 2.67 bits per heavy atom. The molecule has 0 saturated carbocycles. The van der Waals surface area contributed by atoms with Crippen molar-refractivity contribution in [1.29, 1.82) is 0 Å². The first kappa shape index (κ1) is 18.8. The molecule has 3 rings (SSSR count). The molecule has 2 aromatic rings. The van der Waals surface area contributed by atoms with Gasteiger partial charge in [0.15, 0.2) is 5.78 Å². The lowest BCUT2D eigenvalue weighted by Gasteiger charge is -2.33. The summed E-state index contributed by atoms with van der Waals surface area (Å²) in [6, 6.07) is 6.98. The summed E-state index contributed by atoms with van der Waals surface area (Å²) in [5.74, 6) is 2.27. The standard InChI is InChI=1S/C19H24N4O4/c1-25-13-6-7-14(15(9-13)26-2)18(24)12-5-4-8-23(11-12)16-10-17(27-3)22-19(20)21-16/h6-7,9-10,12H,4-5,8,11H2,1-3H3,(H2,20,21,22)/t12-/m1/s1. The number of carbonyl (C=O) groups is 1. The van der Waals surface area contributed by atoms with Crippen molar-refractivity contribution in [1.82, 2.24) is 9.97 Å². The zero-order chi connectivity index (χ0) is 19.4. The number of rotatable bonds is 6. The van der Waals surface area contributed by atoms with E-state index in [1.165, 1.54) is 7.11 Å². The van der Waals surface area contributed by atoms with Crippen molar-refractivity contribution in [3.8, 4) is 17.4 Å². The first-order chi connectivity index (χ1) is 13.0. The van der Waals surface area contributed by atoms with Crippen LogP contribution in [0.5, 0.6) is 17.4 Å². The number of piperidine rings is 1. The van der Waals surface area contributed by atoms with Crippen LogP contribution in [0.25, 0.3) is 0 Å². The smallest absolute Gasteiger partial charge is 0.225 e. The average Bonchev–Trinajstić information content (AvgIpc) is 2.72. The van der Waals surface area contributed by atoms with Gasteiger partial charge in [0.2, 0.25) is 11.8 Å². The maximum Gasteiger partial charge on any atom is 0.225 e. The molecule has 1 saturated heterocycles. The second-order valence-electron chi connectivity index (χ2n) is 6.34. The van der Waals surface area contributed by atoms with Gasteiger partial charge in [-0.15, -0.1) is 0 Å². The molecule has 0 bridgehead atoms. The summed E-state index contributed by atoms with van der Waals surface area (Å²) in [6.07, 6.45) is 1.68. The second kappa shape index (κ2) is 8.11. The molecule has 0 radical (unpaired) electrons. The molecule has 144 valence electrons. The van der Waals surface area contributed by atoms with Gasteiger partial charge < -0.3 is 24.8 Å². The highest BCUT2D eigenvalue weighted by Crippen LogP contribution is 2.31. The number of nitrogens with zero attached hydrogens (tertiary/aromatic N) is 3. The number of carbonyl (C=O) groups excluding carboxylic acids is 1. The highest BCUT2D eigenvalue weighted by Gasteiger charge is 2.29. The Morgan fingerprint density at radius 1 is 1.15 bits per heavy atom. The van der Waals surface area contributed by atoms with E-state index in [0.717, 1.165) is 19.4 Å². The van der Waals surface area contributed by atoms with Gasteiger partial charge in [0.05, 0.1) is 26.9 Å². The lowest BCUT2D eigenvalue weighted by Crippen LogP contribution is -2.39. The number of benzene rings is 1. The lowest BCUT2D eigenvalue weighted by molar-refractivity contribution is 0.0904. The van der Waals surface area contributed by atoms with Crippen molar-refractivity contribution in [3.05, 3.63) is 29.8 Å². The molecule has 27 heavy (non-hydrogen) atoms. The van der Waals surface area contributed by atoms with E-state index in [0.29, 0.717) is 35.3 Å². The van der Waals surface area contributed by atoms with Gasteiger partial charge in [-0.1, -0.05) is 0 Å². The molecule has 1 aliphatic rings. The van der Waals surface area contributed by atoms with Gasteiger partial charge >= 0.3 is 0 Å². The summed E-state index contributed by atoms with van der Waals surface area (Å²) in [5, 5.41) is 0. The molecule has 2 N–H and O–H groups in total. The number of aromatic nitrogens is 2. The van der Waals surface area contributed by atoms with Crippen LogP contribution in [0.15, 0.2) is 24.3 Å². The highest BCUT2D eigenvalue weighted by molar-refractivity contribution is 6.01. The Morgan fingerprint density at radius 2 is 1.96 bits per heavy atom. The zero-order valence-electron chi connectivity index (χ0n) is 15.8. The van der Waals surface area contributed by atoms with Crippen LogP contribution in [-0.2, 0) is 0 Å². The van der Waals surface area contributed by atoms with Gasteiger partial charge in [0, 0.05) is 31.1 Å². The Balaban J connectivity index is 1.82. The number of anilines is 2. The van der Waals surface area contributed by atoms with Gasteiger partial charge in [-0.25, -0.2) is 0 Å². The van der Waals surface area contributed by atoms with Crippen LogP contribution >= 0.6 is 0 Å². The summed E-state index contributed by atoms with van der Waals surface area (Å²) < 4.78 is 15.8. The molecular formula is C19H24N4O4. The molecule has 1 fully saturated rings. The van der Waals surface area contributed by atoms with Crippen molar-refractivity contribution < 1.29 is 19.0 Å². The molecule has 1 aromatic carbocycles. The minimum Gasteiger partial charge on any atom is -0.497 e. The number of ether oxygens (including phenoxy) is 3. The molecule has 1 aliphatic heterocycles. The summed E-state index contributed by atoms with van der Waals surface area (Å²) in [7, 11) is 4.66. The fourth-order valence-corrected chi connectivity index (χ4v) is 3.32. The van der Waals surface area contributed by atoms with Crippen LogP contribution in [0, 0.1) is 5.92 Å². The van der Waals surface area contributed by atoms with Gasteiger partial charge in [-0.2, -0.15) is 9.97 Å². The quantitative estimate of drug-likeness (QED) is 0.770. The Bertz CT molecular complexity index is 827. The third kappa shape index (κ3) is 4.05. The molecule has 0 amide bonds. The van der Waals surface area contributed by atoms with Crippen LogP contribution in [0.3, 0.4) is 0 Å². The van der Waals surface area contributed by atoms with Gasteiger partial charge in [-0.05, 0) is 25.0 Å². The highest BCUT2D eigenvalue weighted by atomic mass is 16.5. The van der Waals surface area contributed by atoms with Crippen molar-refractivity contribution in [2.45, 2.75) is 12.8 Å². The van der Waals surface area contributed by atoms with Crippen LogP contribution < -0.4 is 24.8 Å². The third-order valence-electron chi connectivity index (χ3n) is 4.71. The van der Waals surface area contributed by atoms with Gasteiger partial charge in [0.25, 0.3) is 0 Å². The molecule has 0 aliphatic carbocycles. The van der Waals surface area contributed by atoms with E-state index in [4.69, 9.17) is 19.9 Å². The summed E-state index contributed by atoms with van der Waals surface area (Å²) >= 11 is 0. The maximum atomic E-state index is 13.1. The summed E-state index contributed by atoms with van der Waals surface area (Å²) in [5.41, 5.74) is 6.33. The van der Waals surface area contributed by atoms with E-state index in [2.05, 4.69) is 9.97 Å². The molecule has 8 nitrogen and oxygen atoms in total. The number of hydrogen-bond acceptors (Lipinski definition) is 8. The predicted octanol–water partition coefficient (Wildman–Crippen LogP) is 2.18. The number of ketones is 1. The van der Waals surface area contributed by atoms with E-state index in [1.807, 2.05) is 4.90 Å². The number of nitrogens with two attached hydrogens (primary N) is 1. The first-order valence-corrected chi connectivity index (χ1v) is 8.75. The molecule has 0 spiro atoms. The van der Waals surface area contributed by atoms with E-state index in [9.17, 15) is 4.79 Å². The average molecular weight is 372 g/mol. The Hall–Kier alpha value is -3.03. The summed E-state index contributed by atoms with van der Waals surface area (Å²) in [4.78, 5) is 23.5. The molecule has 1 atom stereocenters. The number of methoxy groups -OCH3 is 3. The SMILES string of the molecule is COc1ccc(C(=O)[C@@H]2CCCN(c3cc(OC)nc(N)n3)C2)c(OC)c1. The van der Waals surface area contributed by atoms with Crippen molar-refractivity contribution in [3.63, 3.8) is 0 Å². The molecule has 8 heteroatoms. The van der Waals surface area contributed by atoms with Crippen molar-refractivity contribution in [2.75, 3.05) is 45.1 Å². The first-order valence-electron chi connectivity index (χ1n) is 8.75. The van der Waals surface area contributed by atoms with Crippen LogP contribution in [0.1, 0.15) is 23.2 Å². The zero-order valence-corrected chi connectivity index (χ0v) is 15.8. The Labute approximate surface area is 158 Å². The normalized spacial score (nSPS) is 16.7. The second-order valence-corrected chi connectivity index (χ2v) is 6.34. The molecule has 0 unspecified atom stereocenters. The van der Waals surface area contributed by atoms with Crippen molar-refractivity contribution >= 4 is 17.5 Å². The predicted molar refractivity (Wildman–Crippen MR) is 102 cm³/mol. The van der Waals surface area contributed by atoms with E-state index in [1.54, 1.807) is 38.5 Å². The van der Waals surface area contributed by atoms with Crippen LogP contribution in [0.2, 0.25) is 0 Å². The van der Waals surface area contributed by atoms with Crippen LogP contribution in [0.4, 0.5) is 11.8 Å². The topological polar surface area (TPSA) is 99.8 Å². The van der Waals surface area contributed by atoms with Crippen molar-refractivity contribution in [2.24, 2.45) is 5.92 Å². The lowest BCUT2D eigenvalue weighted by atomic mass is 9.89.